The monoisotopic (exact) mass is 216 g/mol. The van der Waals surface area contributed by atoms with Gasteiger partial charge < -0.3 is 9.67 Å². The van der Waals surface area contributed by atoms with Gasteiger partial charge >= 0.3 is 0 Å². The average molecular weight is 216 g/mol. The maximum Gasteiger partial charge on any atom is 0.0911 e. The van der Waals surface area contributed by atoms with Gasteiger partial charge in [0, 0.05) is 30.8 Å². The zero-order chi connectivity index (χ0) is 11.5. The summed E-state index contributed by atoms with van der Waals surface area (Å²) in [7, 11) is 0. The number of hydrogen-bond acceptors (Lipinski definition) is 2. The Morgan fingerprint density at radius 1 is 1.44 bits per heavy atom. The van der Waals surface area contributed by atoms with Crippen molar-refractivity contribution in [1.29, 1.82) is 0 Å². The van der Waals surface area contributed by atoms with E-state index in [-0.39, 0.29) is 0 Å². The van der Waals surface area contributed by atoms with Crippen molar-refractivity contribution >= 4 is 0 Å². The molecule has 1 atom stereocenters. The predicted molar refractivity (Wildman–Crippen MR) is 63.1 cm³/mol. The van der Waals surface area contributed by atoms with Crippen molar-refractivity contribution in [2.75, 3.05) is 0 Å². The van der Waals surface area contributed by atoms with Gasteiger partial charge in [0.1, 0.15) is 0 Å². The van der Waals surface area contributed by atoms with Crippen LogP contribution >= 0.6 is 0 Å². The summed E-state index contributed by atoms with van der Waals surface area (Å²) >= 11 is 0. The van der Waals surface area contributed by atoms with E-state index in [2.05, 4.69) is 11.1 Å². The van der Waals surface area contributed by atoms with E-state index in [9.17, 15) is 5.11 Å². The first-order valence-corrected chi connectivity index (χ1v) is 5.40. The molecule has 3 nitrogen and oxygen atoms in total. The molecule has 0 aliphatic heterocycles. The Morgan fingerprint density at radius 2 is 2.25 bits per heavy atom. The highest BCUT2D eigenvalue weighted by Crippen LogP contribution is 2.14. The number of aromatic nitrogens is 2. The second kappa shape index (κ2) is 4.49. The maximum atomic E-state index is 9.59. The predicted octanol–water partition coefficient (Wildman–Crippen LogP) is 2.29. The molecule has 0 aliphatic carbocycles. The number of aliphatic hydroxyl groups is 1. The van der Waals surface area contributed by atoms with Crippen molar-refractivity contribution in [2.45, 2.75) is 26.5 Å². The summed E-state index contributed by atoms with van der Waals surface area (Å²) in [5.74, 6) is 0. The van der Waals surface area contributed by atoms with E-state index >= 15 is 0 Å². The highest BCUT2D eigenvalue weighted by molar-refractivity contribution is 5.19. The largest absolute Gasteiger partial charge is 0.387 e. The molecule has 1 N–H and O–H groups in total. The summed E-state index contributed by atoms with van der Waals surface area (Å²) < 4.78 is 2.04. The van der Waals surface area contributed by atoms with E-state index in [0.717, 1.165) is 23.4 Å². The number of rotatable bonds is 3. The standard InChI is InChI=1S/C13H16N2O/c1-10-6-12(8-14-7-10)9-15-5-3-4-13(15)11(2)16/h3-8,11,16H,9H2,1-2H3. The van der Waals surface area contributed by atoms with E-state index in [1.165, 1.54) is 0 Å². The Labute approximate surface area is 95.4 Å². The molecule has 0 fully saturated rings. The highest BCUT2D eigenvalue weighted by atomic mass is 16.3. The molecule has 0 radical (unpaired) electrons. The molecule has 0 amide bonds. The SMILES string of the molecule is Cc1cncc(Cn2cccc2C(C)O)c1. The van der Waals surface area contributed by atoms with Gasteiger partial charge in [-0.05, 0) is 37.1 Å². The van der Waals surface area contributed by atoms with Gasteiger partial charge in [0.2, 0.25) is 0 Å². The van der Waals surface area contributed by atoms with Crippen LogP contribution < -0.4 is 0 Å². The molecule has 3 heteroatoms. The molecule has 0 bridgehead atoms. The molecule has 0 saturated heterocycles. The van der Waals surface area contributed by atoms with Gasteiger partial charge in [-0.3, -0.25) is 4.98 Å². The van der Waals surface area contributed by atoms with Crippen LogP contribution in [0.5, 0.6) is 0 Å². The first-order chi connectivity index (χ1) is 7.66. The van der Waals surface area contributed by atoms with Crippen molar-refractivity contribution < 1.29 is 5.11 Å². The fourth-order valence-corrected chi connectivity index (χ4v) is 1.85. The first kappa shape index (κ1) is 10.9. The fraction of sp³-hybridized carbons (Fsp3) is 0.308. The summed E-state index contributed by atoms with van der Waals surface area (Å²) in [6.45, 7) is 4.56. The van der Waals surface area contributed by atoms with E-state index in [1.54, 1.807) is 6.92 Å². The summed E-state index contributed by atoms with van der Waals surface area (Å²) in [5, 5.41) is 9.59. The van der Waals surface area contributed by atoms with Crippen LogP contribution in [0.2, 0.25) is 0 Å². The zero-order valence-corrected chi connectivity index (χ0v) is 9.59. The molecule has 2 heterocycles. The van der Waals surface area contributed by atoms with Crippen LogP contribution in [0.4, 0.5) is 0 Å². The van der Waals surface area contributed by atoms with Crippen molar-refractivity contribution in [3.05, 3.63) is 53.6 Å². The molecule has 2 aromatic heterocycles. The van der Waals surface area contributed by atoms with Crippen molar-refractivity contribution in [3.8, 4) is 0 Å². The van der Waals surface area contributed by atoms with E-state index < -0.39 is 6.10 Å². The maximum absolute atomic E-state index is 9.59. The Hall–Kier alpha value is -1.61. The molecule has 2 rings (SSSR count). The topological polar surface area (TPSA) is 38.0 Å². The summed E-state index contributed by atoms with van der Waals surface area (Å²) in [6.07, 6.45) is 5.24. The van der Waals surface area contributed by atoms with Crippen LogP contribution in [0, 0.1) is 6.92 Å². The van der Waals surface area contributed by atoms with Gasteiger partial charge in [-0.1, -0.05) is 6.07 Å². The van der Waals surface area contributed by atoms with Crippen LogP contribution in [-0.2, 0) is 6.54 Å². The average Bonchev–Trinajstić information content (AvgIpc) is 2.66. The van der Waals surface area contributed by atoms with Crippen LogP contribution in [0.3, 0.4) is 0 Å². The third kappa shape index (κ3) is 2.31. The van der Waals surface area contributed by atoms with Crippen LogP contribution in [0.25, 0.3) is 0 Å². The lowest BCUT2D eigenvalue weighted by Crippen LogP contribution is -2.06. The summed E-state index contributed by atoms with van der Waals surface area (Å²) in [4.78, 5) is 4.16. The number of hydrogen-bond donors (Lipinski definition) is 1. The lowest BCUT2D eigenvalue weighted by Gasteiger charge is -2.11. The van der Waals surface area contributed by atoms with Crippen molar-refractivity contribution in [2.24, 2.45) is 0 Å². The lowest BCUT2D eigenvalue weighted by atomic mass is 10.2. The highest BCUT2D eigenvalue weighted by Gasteiger charge is 2.06. The number of aryl methyl sites for hydroxylation is 1. The number of nitrogens with zero attached hydrogens (tertiary/aromatic N) is 2. The zero-order valence-electron chi connectivity index (χ0n) is 9.59. The fourth-order valence-electron chi connectivity index (χ4n) is 1.85. The Kier molecular flexibility index (Phi) is 3.06. The van der Waals surface area contributed by atoms with Crippen molar-refractivity contribution in [1.82, 2.24) is 9.55 Å². The molecule has 84 valence electrons. The third-order valence-corrected chi connectivity index (χ3v) is 2.58. The van der Waals surface area contributed by atoms with Gasteiger partial charge in [0.05, 0.1) is 6.10 Å². The minimum Gasteiger partial charge on any atom is -0.387 e. The molecule has 16 heavy (non-hydrogen) atoms. The second-order valence-corrected chi connectivity index (χ2v) is 4.11. The van der Waals surface area contributed by atoms with E-state index in [1.807, 2.05) is 42.2 Å². The van der Waals surface area contributed by atoms with E-state index in [4.69, 9.17) is 0 Å². The van der Waals surface area contributed by atoms with Gasteiger partial charge in [-0.25, -0.2) is 0 Å². The second-order valence-electron chi connectivity index (χ2n) is 4.11. The molecule has 0 saturated carbocycles. The summed E-state index contributed by atoms with van der Waals surface area (Å²) in [6, 6.07) is 6.00. The lowest BCUT2D eigenvalue weighted by molar-refractivity contribution is 0.190. The van der Waals surface area contributed by atoms with Gasteiger partial charge in [-0.15, -0.1) is 0 Å². The Morgan fingerprint density at radius 3 is 2.94 bits per heavy atom. The summed E-state index contributed by atoms with van der Waals surface area (Å²) in [5.41, 5.74) is 3.24. The van der Waals surface area contributed by atoms with Gasteiger partial charge in [-0.2, -0.15) is 0 Å². The third-order valence-electron chi connectivity index (χ3n) is 2.58. The molecule has 0 aromatic carbocycles. The smallest absolute Gasteiger partial charge is 0.0911 e. The molecular weight excluding hydrogens is 200 g/mol. The van der Waals surface area contributed by atoms with E-state index in [0.29, 0.717) is 0 Å². The number of aliphatic hydroxyl groups excluding tert-OH is 1. The van der Waals surface area contributed by atoms with Crippen LogP contribution in [-0.4, -0.2) is 14.7 Å². The van der Waals surface area contributed by atoms with Crippen LogP contribution in [0.1, 0.15) is 29.8 Å². The Balaban J connectivity index is 2.24. The molecular formula is C13H16N2O. The minimum absolute atomic E-state index is 0.437. The minimum atomic E-state index is -0.437. The molecule has 0 spiro atoms. The van der Waals surface area contributed by atoms with Crippen molar-refractivity contribution in [3.63, 3.8) is 0 Å². The van der Waals surface area contributed by atoms with Crippen LogP contribution in [0.15, 0.2) is 36.8 Å². The normalized spacial score (nSPS) is 12.7. The first-order valence-electron chi connectivity index (χ1n) is 5.40. The van der Waals surface area contributed by atoms with Gasteiger partial charge in [0.25, 0.3) is 0 Å². The molecule has 0 aliphatic rings. The Bertz CT molecular complexity index is 474. The quantitative estimate of drug-likeness (QED) is 0.854. The number of pyridine rings is 1. The molecule has 2 aromatic rings. The molecule has 1 unspecified atom stereocenters. The van der Waals surface area contributed by atoms with Gasteiger partial charge in [0.15, 0.2) is 0 Å².